The predicted octanol–water partition coefficient (Wildman–Crippen LogP) is 0.702. The van der Waals surface area contributed by atoms with Gasteiger partial charge in [0.25, 0.3) is 5.91 Å². The van der Waals surface area contributed by atoms with E-state index in [-0.39, 0.29) is 5.91 Å². The maximum absolute atomic E-state index is 12.0. The molecule has 2 heterocycles. The van der Waals surface area contributed by atoms with Crippen LogP contribution in [0.4, 0.5) is 11.4 Å². The largest absolute Gasteiger partial charge is 0.397 e. The van der Waals surface area contributed by atoms with Crippen LogP contribution in [-0.2, 0) is 18.3 Å². The lowest BCUT2D eigenvalue weighted by Gasteiger charge is -2.03. The van der Waals surface area contributed by atoms with Gasteiger partial charge in [-0.05, 0) is 6.07 Å². The van der Waals surface area contributed by atoms with Crippen LogP contribution in [0, 0.1) is 0 Å². The van der Waals surface area contributed by atoms with E-state index in [9.17, 15) is 4.79 Å². The molecule has 0 bridgehead atoms. The Hall–Kier alpha value is -2.28. The molecule has 3 N–H and O–H groups in total. The number of nitrogens with two attached hydrogens (primary N) is 1. The molecule has 0 saturated heterocycles. The number of hydrogen-bond donors (Lipinski definition) is 2. The van der Waals surface area contributed by atoms with Crippen molar-refractivity contribution in [3.63, 3.8) is 0 Å². The summed E-state index contributed by atoms with van der Waals surface area (Å²) in [4.78, 5) is 12.0. The summed E-state index contributed by atoms with van der Waals surface area (Å²) in [6.45, 7) is 1.22. The van der Waals surface area contributed by atoms with E-state index in [1.807, 2.05) is 0 Å². The molecule has 0 atom stereocenters. The molecule has 0 radical (unpaired) electrons. The number of anilines is 2. The second-order valence-corrected chi connectivity index (χ2v) is 4.21. The monoisotopic (exact) mass is 263 g/mol. The highest BCUT2D eigenvalue weighted by Gasteiger charge is 2.11. The molecule has 2 aromatic rings. The first-order chi connectivity index (χ1) is 9.10. The van der Waals surface area contributed by atoms with E-state index < -0.39 is 0 Å². The standard InChI is InChI=1S/C12H17N5O2/c1-16-7-9(13)5-11(16)12(18)15-10-6-14-17(8-10)3-4-19-2/h5-8H,3-4,13H2,1-2H3,(H,15,18). The predicted molar refractivity (Wildman–Crippen MR) is 71.9 cm³/mol. The molecule has 0 fully saturated rings. The Bertz CT molecular complexity index is 572. The number of nitrogens with zero attached hydrogens (tertiary/aromatic N) is 3. The summed E-state index contributed by atoms with van der Waals surface area (Å²) in [5.74, 6) is -0.217. The lowest BCUT2D eigenvalue weighted by molar-refractivity contribution is 0.101. The third kappa shape index (κ3) is 3.14. The first-order valence-corrected chi connectivity index (χ1v) is 5.84. The van der Waals surface area contributed by atoms with Gasteiger partial charge in [-0.2, -0.15) is 5.10 Å². The molecule has 2 rings (SSSR count). The topological polar surface area (TPSA) is 87.1 Å². The van der Waals surface area contributed by atoms with E-state index in [4.69, 9.17) is 10.5 Å². The van der Waals surface area contributed by atoms with Crippen molar-refractivity contribution in [1.82, 2.24) is 14.3 Å². The second kappa shape index (κ2) is 5.57. The summed E-state index contributed by atoms with van der Waals surface area (Å²) in [6.07, 6.45) is 5.04. The molecule has 102 valence electrons. The van der Waals surface area contributed by atoms with Gasteiger partial charge in [0.15, 0.2) is 0 Å². The summed E-state index contributed by atoms with van der Waals surface area (Å²) >= 11 is 0. The fourth-order valence-electron chi connectivity index (χ4n) is 1.75. The smallest absolute Gasteiger partial charge is 0.272 e. The summed E-state index contributed by atoms with van der Waals surface area (Å²) in [5.41, 5.74) is 7.34. The Balaban J connectivity index is 2.02. The van der Waals surface area contributed by atoms with Crippen molar-refractivity contribution < 1.29 is 9.53 Å². The molecule has 7 heteroatoms. The fraction of sp³-hybridized carbons (Fsp3) is 0.333. The van der Waals surface area contributed by atoms with Gasteiger partial charge in [-0.1, -0.05) is 0 Å². The van der Waals surface area contributed by atoms with E-state index in [1.165, 1.54) is 0 Å². The quantitative estimate of drug-likeness (QED) is 0.831. The maximum atomic E-state index is 12.0. The van der Waals surface area contributed by atoms with Gasteiger partial charge in [0.05, 0.1) is 30.7 Å². The van der Waals surface area contributed by atoms with Crippen LogP contribution in [0.3, 0.4) is 0 Å². The van der Waals surface area contributed by atoms with Crippen LogP contribution in [0.2, 0.25) is 0 Å². The third-order valence-electron chi connectivity index (χ3n) is 2.67. The average Bonchev–Trinajstić information content (AvgIpc) is 2.93. The Morgan fingerprint density at radius 1 is 1.53 bits per heavy atom. The first kappa shape index (κ1) is 13.2. The maximum Gasteiger partial charge on any atom is 0.272 e. The zero-order chi connectivity index (χ0) is 13.8. The molecule has 0 saturated carbocycles. The number of hydrogen-bond acceptors (Lipinski definition) is 4. The summed E-state index contributed by atoms with van der Waals surface area (Å²) in [7, 11) is 3.40. The van der Waals surface area contributed by atoms with Crippen molar-refractivity contribution in [2.75, 3.05) is 24.8 Å². The normalized spacial score (nSPS) is 10.6. The highest BCUT2D eigenvalue weighted by atomic mass is 16.5. The first-order valence-electron chi connectivity index (χ1n) is 5.84. The number of methoxy groups -OCH3 is 1. The van der Waals surface area contributed by atoms with Gasteiger partial charge in [0, 0.05) is 26.6 Å². The van der Waals surface area contributed by atoms with Gasteiger partial charge in [0.2, 0.25) is 0 Å². The van der Waals surface area contributed by atoms with Gasteiger partial charge in [-0.25, -0.2) is 0 Å². The van der Waals surface area contributed by atoms with Gasteiger partial charge in [-0.15, -0.1) is 0 Å². The molecular formula is C12H17N5O2. The van der Waals surface area contributed by atoms with E-state index in [1.54, 1.807) is 48.1 Å². The van der Waals surface area contributed by atoms with Crippen molar-refractivity contribution >= 4 is 17.3 Å². The van der Waals surface area contributed by atoms with Crippen LogP contribution < -0.4 is 11.1 Å². The van der Waals surface area contributed by atoms with Crippen LogP contribution in [0.15, 0.2) is 24.7 Å². The number of aromatic nitrogens is 3. The Morgan fingerprint density at radius 2 is 2.32 bits per heavy atom. The van der Waals surface area contributed by atoms with Crippen LogP contribution in [0.5, 0.6) is 0 Å². The Labute approximate surface area is 111 Å². The molecule has 19 heavy (non-hydrogen) atoms. The minimum absolute atomic E-state index is 0.217. The van der Waals surface area contributed by atoms with Crippen LogP contribution >= 0.6 is 0 Å². The minimum Gasteiger partial charge on any atom is -0.397 e. The molecule has 0 aliphatic rings. The average molecular weight is 263 g/mol. The molecule has 0 aliphatic carbocycles. The van der Waals surface area contributed by atoms with Crippen molar-refractivity contribution in [3.8, 4) is 0 Å². The zero-order valence-corrected chi connectivity index (χ0v) is 11.0. The second-order valence-electron chi connectivity index (χ2n) is 4.21. The van der Waals surface area contributed by atoms with E-state index in [2.05, 4.69) is 10.4 Å². The molecule has 0 aliphatic heterocycles. The van der Waals surface area contributed by atoms with Gasteiger partial charge in [0.1, 0.15) is 5.69 Å². The number of nitrogens with one attached hydrogen (secondary N) is 1. The number of nitrogen functional groups attached to an aromatic ring is 1. The molecular weight excluding hydrogens is 246 g/mol. The number of amides is 1. The van der Waals surface area contributed by atoms with Gasteiger partial charge >= 0.3 is 0 Å². The SMILES string of the molecule is COCCn1cc(NC(=O)c2cc(N)cn2C)cn1. The third-order valence-corrected chi connectivity index (χ3v) is 2.67. The fourth-order valence-corrected chi connectivity index (χ4v) is 1.75. The van der Waals surface area contributed by atoms with E-state index >= 15 is 0 Å². The van der Waals surface area contributed by atoms with Gasteiger partial charge < -0.3 is 20.4 Å². The number of carbonyl (C=O) groups is 1. The Kier molecular flexibility index (Phi) is 3.86. The number of carbonyl (C=O) groups excluding carboxylic acids is 1. The lowest BCUT2D eigenvalue weighted by atomic mass is 10.3. The van der Waals surface area contributed by atoms with E-state index in [0.717, 1.165) is 0 Å². The molecule has 0 aromatic carbocycles. The highest BCUT2D eigenvalue weighted by Crippen LogP contribution is 2.12. The van der Waals surface area contributed by atoms with Crippen molar-refractivity contribution in [1.29, 1.82) is 0 Å². The molecule has 7 nitrogen and oxygen atoms in total. The van der Waals surface area contributed by atoms with Crippen molar-refractivity contribution in [2.45, 2.75) is 6.54 Å². The molecule has 2 aromatic heterocycles. The van der Waals surface area contributed by atoms with E-state index in [0.29, 0.717) is 30.2 Å². The highest BCUT2D eigenvalue weighted by molar-refractivity contribution is 6.03. The van der Waals surface area contributed by atoms with Gasteiger partial charge in [-0.3, -0.25) is 9.48 Å². The zero-order valence-electron chi connectivity index (χ0n) is 11.0. The molecule has 0 unspecified atom stereocenters. The van der Waals surface area contributed by atoms with Crippen LogP contribution in [-0.4, -0.2) is 34.0 Å². The molecule has 1 amide bonds. The van der Waals surface area contributed by atoms with Crippen molar-refractivity contribution in [3.05, 3.63) is 30.4 Å². The minimum atomic E-state index is -0.217. The summed E-state index contributed by atoms with van der Waals surface area (Å²) < 4.78 is 8.35. The summed E-state index contributed by atoms with van der Waals surface area (Å²) in [6, 6.07) is 1.63. The molecule has 0 spiro atoms. The number of ether oxygens (including phenoxy) is 1. The van der Waals surface area contributed by atoms with Crippen molar-refractivity contribution in [2.24, 2.45) is 7.05 Å². The lowest BCUT2D eigenvalue weighted by Crippen LogP contribution is -2.15. The Morgan fingerprint density at radius 3 is 2.95 bits per heavy atom. The number of aryl methyl sites for hydroxylation is 1. The summed E-state index contributed by atoms with van der Waals surface area (Å²) in [5, 5.41) is 6.89. The number of rotatable bonds is 5. The van der Waals surface area contributed by atoms with Crippen LogP contribution in [0.1, 0.15) is 10.5 Å². The van der Waals surface area contributed by atoms with Crippen LogP contribution in [0.25, 0.3) is 0 Å².